The topological polar surface area (TPSA) is 87.0 Å². The Morgan fingerprint density at radius 1 is 1.12 bits per heavy atom. The number of esters is 1. The molecule has 1 aliphatic carbocycles. The van der Waals surface area contributed by atoms with E-state index in [0.29, 0.717) is 24.8 Å². The van der Waals surface area contributed by atoms with Crippen LogP contribution in [-0.4, -0.2) is 44.2 Å². The highest BCUT2D eigenvalue weighted by atomic mass is 16.5. The fraction of sp³-hybridized carbons (Fsp3) is 0.650. The molecule has 0 saturated carbocycles. The Kier molecular flexibility index (Phi) is 5.62. The summed E-state index contributed by atoms with van der Waals surface area (Å²) in [5.41, 5.74) is -2.87. The van der Waals surface area contributed by atoms with E-state index in [1.807, 2.05) is 13.8 Å². The Morgan fingerprint density at radius 2 is 1.80 bits per heavy atom. The molecule has 0 aromatic rings. The molecule has 140 valence electrons. The minimum atomic E-state index is -1.14. The van der Waals surface area contributed by atoms with Crippen LogP contribution in [0.4, 0.5) is 0 Å². The molecule has 0 unspecified atom stereocenters. The van der Waals surface area contributed by atoms with Gasteiger partial charge in [-0.1, -0.05) is 38.2 Å². The third-order valence-electron chi connectivity index (χ3n) is 5.06. The molecule has 0 aromatic carbocycles. The first-order valence-electron chi connectivity index (χ1n) is 8.89. The Labute approximate surface area is 149 Å². The normalized spacial score (nSPS) is 39.9. The maximum absolute atomic E-state index is 12.1. The van der Waals surface area contributed by atoms with Crippen molar-refractivity contribution < 1.29 is 24.9 Å². The Morgan fingerprint density at radius 3 is 2.44 bits per heavy atom. The summed E-state index contributed by atoms with van der Waals surface area (Å²) in [6.07, 6.45) is 9.14. The molecule has 0 amide bonds. The van der Waals surface area contributed by atoms with Crippen molar-refractivity contribution in [3.63, 3.8) is 0 Å². The third-order valence-corrected chi connectivity index (χ3v) is 5.06. The molecule has 0 fully saturated rings. The quantitative estimate of drug-likeness (QED) is 0.499. The Hall–Kier alpha value is -1.43. The van der Waals surface area contributed by atoms with Crippen molar-refractivity contribution in [2.24, 2.45) is 5.92 Å². The van der Waals surface area contributed by atoms with Gasteiger partial charge in [0.15, 0.2) is 0 Å². The summed E-state index contributed by atoms with van der Waals surface area (Å²) >= 11 is 0. The van der Waals surface area contributed by atoms with E-state index in [9.17, 15) is 20.1 Å². The first-order chi connectivity index (χ1) is 11.4. The maximum atomic E-state index is 12.1. The number of hydrogen-bond acceptors (Lipinski definition) is 5. The molecule has 3 N–H and O–H groups in total. The molecule has 4 atom stereocenters. The lowest BCUT2D eigenvalue weighted by Crippen LogP contribution is -2.34. The van der Waals surface area contributed by atoms with Gasteiger partial charge in [0.25, 0.3) is 0 Å². The minimum Gasteiger partial charge on any atom is -0.455 e. The lowest BCUT2D eigenvalue weighted by molar-refractivity contribution is -0.141. The fourth-order valence-corrected chi connectivity index (χ4v) is 3.14. The molecule has 0 saturated heterocycles. The van der Waals surface area contributed by atoms with Gasteiger partial charge in [0.05, 0.1) is 16.8 Å². The van der Waals surface area contributed by atoms with Crippen LogP contribution in [0, 0.1) is 5.92 Å². The second-order valence-corrected chi connectivity index (χ2v) is 8.14. The molecule has 1 aliphatic heterocycles. The predicted molar refractivity (Wildman–Crippen MR) is 95.7 cm³/mol. The van der Waals surface area contributed by atoms with Gasteiger partial charge in [-0.05, 0) is 45.1 Å². The third kappa shape index (κ3) is 5.27. The smallest absolute Gasteiger partial charge is 0.334 e. The van der Waals surface area contributed by atoms with Crippen molar-refractivity contribution in [1.82, 2.24) is 0 Å². The summed E-state index contributed by atoms with van der Waals surface area (Å²) in [7, 11) is 0. The highest BCUT2D eigenvalue weighted by Gasteiger charge is 2.34. The standard InChI is InChI=1S/C20H30O5/c1-14(2)20(24)9-6-15-12-16(25-17(15)21)13-19(4,23)8-5-7-18(3,22)10-11-20/h5,8,10-12,14,16,22-24H,6-7,9,13H2,1-4H3/t16-,18+,19+,20+/m1/s1. The summed E-state index contributed by atoms with van der Waals surface area (Å²) in [4.78, 5) is 12.1. The van der Waals surface area contributed by atoms with E-state index in [0.717, 1.165) is 0 Å². The molecule has 2 bridgehead atoms. The number of carbonyl (C=O) groups is 1. The monoisotopic (exact) mass is 350 g/mol. The van der Waals surface area contributed by atoms with E-state index in [-0.39, 0.29) is 18.3 Å². The molecule has 0 radical (unpaired) electrons. The average Bonchev–Trinajstić information content (AvgIpc) is 2.80. The molecule has 0 spiro atoms. The summed E-state index contributed by atoms with van der Waals surface area (Å²) < 4.78 is 5.33. The van der Waals surface area contributed by atoms with Gasteiger partial charge in [-0.3, -0.25) is 0 Å². The molecular weight excluding hydrogens is 320 g/mol. The van der Waals surface area contributed by atoms with Crippen molar-refractivity contribution in [3.8, 4) is 0 Å². The summed E-state index contributed by atoms with van der Waals surface area (Å²) in [5, 5.41) is 31.9. The summed E-state index contributed by atoms with van der Waals surface area (Å²) in [6.45, 7) is 7.12. The van der Waals surface area contributed by atoms with E-state index in [1.165, 1.54) is 0 Å². The van der Waals surface area contributed by atoms with Crippen LogP contribution in [0.15, 0.2) is 36.0 Å². The largest absolute Gasteiger partial charge is 0.455 e. The van der Waals surface area contributed by atoms with Gasteiger partial charge in [0, 0.05) is 12.0 Å². The molecular formula is C20H30O5. The maximum Gasteiger partial charge on any atom is 0.334 e. The van der Waals surface area contributed by atoms with Crippen LogP contribution in [0.25, 0.3) is 0 Å². The lowest BCUT2D eigenvalue weighted by Gasteiger charge is -2.30. The second-order valence-electron chi connectivity index (χ2n) is 8.14. The number of fused-ring (bicyclic) bond motifs is 1. The van der Waals surface area contributed by atoms with Gasteiger partial charge < -0.3 is 20.1 Å². The van der Waals surface area contributed by atoms with Crippen molar-refractivity contribution in [2.45, 2.75) is 76.3 Å². The van der Waals surface area contributed by atoms with Gasteiger partial charge in [0.1, 0.15) is 6.10 Å². The zero-order valence-corrected chi connectivity index (χ0v) is 15.5. The van der Waals surface area contributed by atoms with Gasteiger partial charge in [-0.25, -0.2) is 4.79 Å². The second kappa shape index (κ2) is 7.06. The van der Waals surface area contributed by atoms with Crippen LogP contribution in [-0.2, 0) is 9.53 Å². The van der Waals surface area contributed by atoms with Crippen LogP contribution >= 0.6 is 0 Å². The molecule has 5 nitrogen and oxygen atoms in total. The lowest BCUT2D eigenvalue weighted by atomic mass is 9.82. The van der Waals surface area contributed by atoms with E-state index >= 15 is 0 Å². The van der Waals surface area contributed by atoms with Crippen LogP contribution < -0.4 is 0 Å². The molecule has 2 rings (SSSR count). The van der Waals surface area contributed by atoms with Crippen LogP contribution in [0.3, 0.4) is 0 Å². The van der Waals surface area contributed by atoms with E-state index in [1.54, 1.807) is 44.2 Å². The predicted octanol–water partition coefficient (Wildman–Crippen LogP) is 2.41. The Bertz CT molecular complexity index is 597. The van der Waals surface area contributed by atoms with E-state index in [2.05, 4.69) is 0 Å². The molecule has 25 heavy (non-hydrogen) atoms. The van der Waals surface area contributed by atoms with E-state index < -0.39 is 22.9 Å². The number of carbonyl (C=O) groups excluding carboxylic acids is 1. The highest BCUT2D eigenvalue weighted by Crippen LogP contribution is 2.32. The molecule has 0 aromatic heterocycles. The number of aliphatic hydroxyl groups is 3. The number of hydrogen-bond donors (Lipinski definition) is 3. The van der Waals surface area contributed by atoms with Crippen molar-refractivity contribution >= 4 is 5.97 Å². The van der Waals surface area contributed by atoms with Crippen LogP contribution in [0.2, 0.25) is 0 Å². The van der Waals surface area contributed by atoms with Gasteiger partial charge >= 0.3 is 5.97 Å². The summed E-state index contributed by atoms with van der Waals surface area (Å²) in [5.74, 6) is -0.459. The zero-order valence-electron chi connectivity index (χ0n) is 15.5. The van der Waals surface area contributed by atoms with Crippen molar-refractivity contribution in [3.05, 3.63) is 36.0 Å². The first kappa shape index (κ1) is 19.9. The van der Waals surface area contributed by atoms with Crippen molar-refractivity contribution in [2.75, 3.05) is 0 Å². The summed E-state index contributed by atoms with van der Waals surface area (Å²) in [6, 6.07) is 0. The number of ether oxygens (including phenoxy) is 1. The molecule has 1 heterocycles. The van der Waals surface area contributed by atoms with Gasteiger partial charge in [-0.15, -0.1) is 0 Å². The fourth-order valence-electron chi connectivity index (χ4n) is 3.14. The number of rotatable bonds is 1. The van der Waals surface area contributed by atoms with Gasteiger partial charge in [0.2, 0.25) is 0 Å². The van der Waals surface area contributed by atoms with E-state index in [4.69, 9.17) is 4.74 Å². The first-order valence-corrected chi connectivity index (χ1v) is 8.89. The molecule has 2 aliphatic rings. The SMILES string of the molecule is CC(C)[C@@]1(O)C=C[C@@](C)(O)CC=C[C@](C)(O)C[C@H]2C=C(CC1)C(=O)O2. The molecule has 5 heteroatoms. The highest BCUT2D eigenvalue weighted by molar-refractivity contribution is 5.90. The average molecular weight is 350 g/mol. The van der Waals surface area contributed by atoms with Crippen LogP contribution in [0.1, 0.15) is 53.4 Å². The van der Waals surface area contributed by atoms with Gasteiger partial charge in [-0.2, -0.15) is 0 Å². The van der Waals surface area contributed by atoms with Crippen molar-refractivity contribution in [1.29, 1.82) is 0 Å². The zero-order chi connectivity index (χ0) is 18.9. The Balaban J connectivity index is 2.35. The minimum absolute atomic E-state index is 0.0717. The van der Waals surface area contributed by atoms with Crippen LogP contribution in [0.5, 0.6) is 0 Å².